The molecule has 0 spiro atoms. The summed E-state index contributed by atoms with van der Waals surface area (Å²) in [4.78, 5) is 20.6. The summed E-state index contributed by atoms with van der Waals surface area (Å²) in [5, 5.41) is 5.83. The van der Waals surface area contributed by atoms with Crippen LogP contribution >= 0.6 is 0 Å². The van der Waals surface area contributed by atoms with Crippen molar-refractivity contribution in [3.05, 3.63) is 47.9 Å². The number of aromatic nitrogens is 2. The Morgan fingerprint density at radius 1 is 1.25 bits per heavy atom. The molecule has 0 bridgehead atoms. The van der Waals surface area contributed by atoms with E-state index in [-0.39, 0.29) is 5.91 Å². The minimum atomic E-state index is -0.146. The summed E-state index contributed by atoms with van der Waals surface area (Å²) in [5.41, 5.74) is 2.24. The number of anilines is 2. The largest absolute Gasteiger partial charge is 0.373 e. The Balaban J connectivity index is 2.22. The van der Waals surface area contributed by atoms with E-state index in [2.05, 4.69) is 27.5 Å². The van der Waals surface area contributed by atoms with Crippen LogP contribution in [-0.4, -0.2) is 22.9 Å². The highest BCUT2D eigenvalue weighted by molar-refractivity contribution is 6.04. The molecule has 0 fully saturated rings. The summed E-state index contributed by atoms with van der Waals surface area (Å²) in [6, 6.07) is 7.09. The van der Waals surface area contributed by atoms with Crippen molar-refractivity contribution in [2.75, 3.05) is 17.7 Å². The predicted octanol–water partition coefficient (Wildman–Crippen LogP) is 2.72. The first-order valence-corrected chi connectivity index (χ1v) is 6.63. The summed E-state index contributed by atoms with van der Waals surface area (Å²) in [7, 11) is 1.79. The molecule has 0 unspecified atom stereocenters. The van der Waals surface area contributed by atoms with E-state index < -0.39 is 0 Å². The normalized spacial score (nSPS) is 10.1. The number of hydrogen-bond donors (Lipinski definition) is 2. The molecule has 2 rings (SSSR count). The number of pyridine rings is 2. The third-order valence-corrected chi connectivity index (χ3v) is 2.84. The van der Waals surface area contributed by atoms with Crippen LogP contribution in [-0.2, 0) is 6.42 Å². The van der Waals surface area contributed by atoms with Crippen molar-refractivity contribution in [1.82, 2.24) is 9.97 Å². The van der Waals surface area contributed by atoms with Gasteiger partial charge in [0.05, 0.1) is 0 Å². The maximum atomic E-state index is 12.3. The number of rotatable bonds is 5. The van der Waals surface area contributed by atoms with Crippen LogP contribution in [0.2, 0.25) is 0 Å². The van der Waals surface area contributed by atoms with Crippen LogP contribution < -0.4 is 10.6 Å². The molecule has 2 N–H and O–H groups in total. The first-order valence-electron chi connectivity index (χ1n) is 6.63. The van der Waals surface area contributed by atoms with Gasteiger partial charge in [0, 0.05) is 36.4 Å². The van der Waals surface area contributed by atoms with Crippen LogP contribution in [0.1, 0.15) is 29.4 Å². The lowest BCUT2D eigenvalue weighted by Crippen LogP contribution is -2.13. The standard InChI is InChI=1S/C15H18N4O/c1-3-4-13-9-11(10-14(16-2)18-13)15(20)19-12-5-7-17-8-6-12/h5-10H,3-4H2,1-2H3,(H,16,18)(H,17,19,20). The second-order valence-corrected chi connectivity index (χ2v) is 4.42. The van der Waals surface area contributed by atoms with E-state index >= 15 is 0 Å². The van der Waals surface area contributed by atoms with Crippen molar-refractivity contribution in [2.24, 2.45) is 0 Å². The van der Waals surface area contributed by atoms with E-state index in [1.54, 1.807) is 37.6 Å². The molecule has 0 radical (unpaired) electrons. The van der Waals surface area contributed by atoms with Gasteiger partial charge in [0.2, 0.25) is 0 Å². The fourth-order valence-electron chi connectivity index (χ4n) is 1.87. The van der Waals surface area contributed by atoms with Gasteiger partial charge in [0.15, 0.2) is 0 Å². The summed E-state index contributed by atoms with van der Waals surface area (Å²) in [6.07, 6.45) is 5.13. The van der Waals surface area contributed by atoms with E-state index in [1.165, 1.54) is 0 Å². The van der Waals surface area contributed by atoms with E-state index in [0.717, 1.165) is 24.2 Å². The van der Waals surface area contributed by atoms with E-state index in [4.69, 9.17) is 0 Å². The molecule has 0 aliphatic rings. The molecule has 2 aromatic rings. The van der Waals surface area contributed by atoms with Gasteiger partial charge >= 0.3 is 0 Å². The van der Waals surface area contributed by atoms with Crippen molar-refractivity contribution in [2.45, 2.75) is 19.8 Å². The molecule has 2 heterocycles. The molecule has 1 amide bonds. The van der Waals surface area contributed by atoms with E-state index in [1.807, 2.05) is 6.07 Å². The van der Waals surface area contributed by atoms with Gasteiger partial charge in [-0.05, 0) is 30.7 Å². The molecule has 0 aliphatic carbocycles. The molecule has 0 atom stereocenters. The summed E-state index contributed by atoms with van der Waals surface area (Å²) in [5.74, 6) is 0.559. The number of carbonyl (C=O) groups is 1. The molecule has 0 saturated carbocycles. The number of carbonyl (C=O) groups excluding carboxylic acids is 1. The molecule has 5 nitrogen and oxygen atoms in total. The summed E-state index contributed by atoms with van der Waals surface area (Å²) >= 11 is 0. The first-order chi connectivity index (χ1) is 9.72. The molecule has 0 aromatic carbocycles. The highest BCUT2D eigenvalue weighted by Crippen LogP contribution is 2.14. The Bertz CT molecular complexity index is 584. The van der Waals surface area contributed by atoms with Crippen LogP contribution in [0.4, 0.5) is 11.5 Å². The smallest absolute Gasteiger partial charge is 0.255 e. The molecule has 0 aliphatic heterocycles. The van der Waals surface area contributed by atoms with Crippen molar-refractivity contribution in [3.63, 3.8) is 0 Å². The zero-order chi connectivity index (χ0) is 14.4. The molecular formula is C15H18N4O. The minimum Gasteiger partial charge on any atom is -0.373 e. The van der Waals surface area contributed by atoms with Crippen LogP contribution in [0.5, 0.6) is 0 Å². The summed E-state index contributed by atoms with van der Waals surface area (Å²) in [6.45, 7) is 2.09. The fourth-order valence-corrected chi connectivity index (χ4v) is 1.87. The highest BCUT2D eigenvalue weighted by Gasteiger charge is 2.09. The Labute approximate surface area is 118 Å². The average molecular weight is 270 g/mol. The lowest BCUT2D eigenvalue weighted by Gasteiger charge is -2.09. The zero-order valence-electron chi connectivity index (χ0n) is 11.7. The Hall–Kier alpha value is -2.43. The van der Waals surface area contributed by atoms with Crippen molar-refractivity contribution in [1.29, 1.82) is 0 Å². The van der Waals surface area contributed by atoms with Crippen molar-refractivity contribution in [3.8, 4) is 0 Å². The Morgan fingerprint density at radius 2 is 2.00 bits per heavy atom. The molecule has 20 heavy (non-hydrogen) atoms. The highest BCUT2D eigenvalue weighted by atomic mass is 16.1. The van der Waals surface area contributed by atoms with Crippen molar-refractivity contribution < 1.29 is 4.79 Å². The van der Waals surface area contributed by atoms with Gasteiger partial charge in [0.1, 0.15) is 5.82 Å². The van der Waals surface area contributed by atoms with Gasteiger partial charge in [0.25, 0.3) is 5.91 Å². The average Bonchev–Trinajstić information content (AvgIpc) is 2.48. The fraction of sp³-hybridized carbons (Fsp3) is 0.267. The lowest BCUT2D eigenvalue weighted by atomic mass is 10.1. The third-order valence-electron chi connectivity index (χ3n) is 2.84. The van der Waals surface area contributed by atoms with E-state index in [9.17, 15) is 4.79 Å². The monoisotopic (exact) mass is 270 g/mol. The zero-order valence-corrected chi connectivity index (χ0v) is 11.7. The van der Waals surface area contributed by atoms with Gasteiger partial charge in [-0.2, -0.15) is 0 Å². The van der Waals surface area contributed by atoms with Gasteiger partial charge in [-0.25, -0.2) is 4.98 Å². The van der Waals surface area contributed by atoms with Crippen molar-refractivity contribution >= 4 is 17.4 Å². The van der Waals surface area contributed by atoms with Crippen LogP contribution in [0.25, 0.3) is 0 Å². The molecule has 104 valence electrons. The number of amides is 1. The second kappa shape index (κ2) is 6.65. The van der Waals surface area contributed by atoms with E-state index in [0.29, 0.717) is 11.4 Å². The lowest BCUT2D eigenvalue weighted by molar-refractivity contribution is 0.102. The molecule has 0 saturated heterocycles. The van der Waals surface area contributed by atoms with Gasteiger partial charge in [-0.15, -0.1) is 0 Å². The molecule has 5 heteroatoms. The third kappa shape index (κ3) is 3.54. The maximum Gasteiger partial charge on any atom is 0.255 e. The second-order valence-electron chi connectivity index (χ2n) is 4.42. The van der Waals surface area contributed by atoms with Crippen LogP contribution in [0.3, 0.4) is 0 Å². The van der Waals surface area contributed by atoms with Crippen LogP contribution in [0.15, 0.2) is 36.7 Å². The minimum absolute atomic E-state index is 0.146. The number of nitrogens with one attached hydrogen (secondary N) is 2. The van der Waals surface area contributed by atoms with Gasteiger partial charge < -0.3 is 10.6 Å². The first kappa shape index (κ1) is 14.0. The number of nitrogens with zero attached hydrogens (tertiary/aromatic N) is 2. The quantitative estimate of drug-likeness (QED) is 0.876. The number of hydrogen-bond acceptors (Lipinski definition) is 4. The predicted molar refractivity (Wildman–Crippen MR) is 80.0 cm³/mol. The maximum absolute atomic E-state index is 12.3. The Morgan fingerprint density at radius 3 is 2.65 bits per heavy atom. The van der Waals surface area contributed by atoms with Gasteiger partial charge in [-0.3, -0.25) is 9.78 Å². The Kier molecular flexibility index (Phi) is 4.65. The van der Waals surface area contributed by atoms with Crippen LogP contribution in [0, 0.1) is 0 Å². The SMILES string of the molecule is CCCc1cc(C(=O)Nc2ccncc2)cc(NC)n1. The molecule has 2 aromatic heterocycles. The topological polar surface area (TPSA) is 66.9 Å². The number of aryl methyl sites for hydroxylation is 1. The summed E-state index contributed by atoms with van der Waals surface area (Å²) < 4.78 is 0. The molecular weight excluding hydrogens is 252 g/mol. The van der Waals surface area contributed by atoms with Gasteiger partial charge in [-0.1, -0.05) is 13.3 Å².